The highest BCUT2D eigenvalue weighted by molar-refractivity contribution is 6.44. The smallest absolute Gasteiger partial charge is 0.289 e. The summed E-state index contributed by atoms with van der Waals surface area (Å²) < 4.78 is 5.78. The zero-order valence-corrected chi connectivity index (χ0v) is 13.8. The quantitative estimate of drug-likeness (QED) is 0.376. The van der Waals surface area contributed by atoms with Crippen LogP contribution in [0.5, 0.6) is 5.75 Å². The van der Waals surface area contributed by atoms with Gasteiger partial charge in [-0.15, -0.1) is 0 Å². The number of hydrogen-bond donors (Lipinski definition) is 2. The van der Waals surface area contributed by atoms with Gasteiger partial charge in [0.15, 0.2) is 0 Å². The number of ether oxygens (including phenoxy) is 1. The molecule has 0 saturated heterocycles. The van der Waals surface area contributed by atoms with Crippen LogP contribution in [0.3, 0.4) is 0 Å². The molecule has 0 saturated carbocycles. The van der Waals surface area contributed by atoms with Crippen LogP contribution in [-0.4, -0.2) is 23.3 Å². The molecule has 5 nitrogen and oxygen atoms in total. The van der Waals surface area contributed by atoms with Crippen molar-refractivity contribution in [2.75, 3.05) is 6.61 Å². The van der Waals surface area contributed by atoms with Crippen molar-refractivity contribution in [1.82, 2.24) is 4.98 Å². The van der Waals surface area contributed by atoms with Gasteiger partial charge in [0.05, 0.1) is 12.2 Å². The van der Waals surface area contributed by atoms with E-state index in [0.29, 0.717) is 17.7 Å². The van der Waals surface area contributed by atoms with E-state index in [1.54, 1.807) is 6.07 Å². The van der Waals surface area contributed by atoms with Gasteiger partial charge in [0, 0.05) is 17.1 Å². The van der Waals surface area contributed by atoms with Crippen LogP contribution in [0.2, 0.25) is 0 Å². The van der Waals surface area contributed by atoms with Crippen molar-refractivity contribution in [3.63, 3.8) is 0 Å². The molecule has 0 fully saturated rings. The van der Waals surface area contributed by atoms with Gasteiger partial charge in [-0.3, -0.25) is 9.59 Å². The molecule has 0 atom stereocenters. The van der Waals surface area contributed by atoms with E-state index < -0.39 is 11.7 Å². The maximum absolute atomic E-state index is 11.8. The van der Waals surface area contributed by atoms with Gasteiger partial charge in [-0.05, 0) is 43.0 Å². The molecule has 1 heterocycles. The third kappa shape index (κ3) is 4.07. The number of carbonyl (C=O) groups is 2. The molecule has 1 amide bonds. The Balaban J connectivity index is 1.57. The second-order valence-corrected chi connectivity index (χ2v) is 5.89. The monoisotopic (exact) mass is 336 g/mol. The van der Waals surface area contributed by atoms with Crippen molar-refractivity contribution < 1.29 is 14.3 Å². The Bertz CT molecular complexity index is 884. The number of nitrogens with two attached hydrogens (primary N) is 1. The number of hydrogen-bond acceptors (Lipinski definition) is 3. The third-order valence-corrected chi connectivity index (χ3v) is 4.09. The van der Waals surface area contributed by atoms with Gasteiger partial charge < -0.3 is 15.5 Å². The Hall–Kier alpha value is -3.08. The van der Waals surface area contributed by atoms with Gasteiger partial charge in [0.1, 0.15) is 5.75 Å². The number of benzene rings is 2. The molecule has 0 aliphatic rings. The van der Waals surface area contributed by atoms with Gasteiger partial charge in [0.2, 0.25) is 0 Å². The third-order valence-electron chi connectivity index (χ3n) is 4.09. The van der Waals surface area contributed by atoms with E-state index in [0.717, 1.165) is 24.8 Å². The topological polar surface area (TPSA) is 85.2 Å². The lowest BCUT2D eigenvalue weighted by Crippen LogP contribution is -2.22. The Kier molecular flexibility index (Phi) is 5.14. The predicted octanol–water partition coefficient (Wildman–Crippen LogP) is 3.24. The number of amides is 1. The minimum absolute atomic E-state index is 0.275. The first-order valence-corrected chi connectivity index (χ1v) is 8.27. The van der Waals surface area contributed by atoms with Gasteiger partial charge >= 0.3 is 0 Å². The van der Waals surface area contributed by atoms with Crippen molar-refractivity contribution >= 4 is 22.6 Å². The summed E-state index contributed by atoms with van der Waals surface area (Å²) in [6.07, 6.45) is 4.51. The summed E-state index contributed by atoms with van der Waals surface area (Å²) in [6.45, 7) is 0.599. The molecule has 5 heteroatoms. The van der Waals surface area contributed by atoms with Crippen LogP contribution in [0.4, 0.5) is 0 Å². The van der Waals surface area contributed by atoms with Crippen LogP contribution >= 0.6 is 0 Å². The summed E-state index contributed by atoms with van der Waals surface area (Å²) in [5.41, 5.74) is 7.45. The normalized spacial score (nSPS) is 10.7. The van der Waals surface area contributed by atoms with Crippen molar-refractivity contribution in [2.45, 2.75) is 19.3 Å². The summed E-state index contributed by atoms with van der Waals surface area (Å²) in [5.74, 6) is -0.996. The van der Waals surface area contributed by atoms with E-state index in [4.69, 9.17) is 10.5 Å². The number of primary amides is 1. The van der Waals surface area contributed by atoms with E-state index in [-0.39, 0.29) is 5.56 Å². The summed E-state index contributed by atoms with van der Waals surface area (Å²) in [4.78, 5) is 25.9. The fourth-order valence-electron chi connectivity index (χ4n) is 2.78. The largest absolute Gasteiger partial charge is 0.494 e. The number of fused-ring (bicyclic) bond motifs is 1. The van der Waals surface area contributed by atoms with E-state index in [2.05, 4.69) is 17.1 Å². The van der Waals surface area contributed by atoms with Crippen LogP contribution in [0.25, 0.3) is 10.9 Å². The molecule has 3 aromatic rings. The number of nitrogens with one attached hydrogen (secondary N) is 1. The highest BCUT2D eigenvalue weighted by Crippen LogP contribution is 2.24. The number of rotatable bonds is 8. The molecule has 0 radical (unpaired) electrons. The number of aryl methyl sites for hydroxylation is 1. The summed E-state index contributed by atoms with van der Waals surface area (Å²) >= 11 is 0. The molecular formula is C20H20N2O3. The second kappa shape index (κ2) is 7.66. The van der Waals surface area contributed by atoms with Crippen molar-refractivity contribution in [3.8, 4) is 5.75 Å². The minimum Gasteiger partial charge on any atom is -0.494 e. The standard InChI is InChI=1S/C20H20N2O3/c21-20(24)19(23)17-13-22-18-10-9-15(12-16(17)18)25-11-5-4-8-14-6-2-1-3-7-14/h1-3,6-7,9-10,12-13,22H,4-5,8,11H2,(H2,21,24). The number of H-pyrrole nitrogens is 1. The number of unbranched alkanes of at least 4 members (excludes halogenated alkanes) is 1. The molecule has 2 aromatic carbocycles. The van der Waals surface area contributed by atoms with Crippen LogP contribution in [-0.2, 0) is 11.2 Å². The van der Waals surface area contributed by atoms with E-state index in [1.807, 2.05) is 30.3 Å². The summed E-state index contributed by atoms with van der Waals surface area (Å²) in [5, 5.41) is 0.644. The number of aromatic nitrogens is 1. The molecular weight excluding hydrogens is 316 g/mol. The maximum atomic E-state index is 11.8. The Morgan fingerprint density at radius 2 is 1.84 bits per heavy atom. The van der Waals surface area contributed by atoms with E-state index >= 15 is 0 Å². The van der Waals surface area contributed by atoms with E-state index in [1.165, 1.54) is 11.8 Å². The Labute approximate surface area is 145 Å². The molecule has 0 unspecified atom stereocenters. The average Bonchev–Trinajstić information content (AvgIpc) is 3.04. The second-order valence-electron chi connectivity index (χ2n) is 5.89. The molecule has 0 aliphatic carbocycles. The SMILES string of the molecule is NC(=O)C(=O)c1c[nH]c2ccc(OCCCCc3ccccc3)cc12. The number of carbonyl (C=O) groups excluding carboxylic acids is 2. The first-order chi connectivity index (χ1) is 12.1. The Morgan fingerprint density at radius 3 is 2.60 bits per heavy atom. The molecule has 1 aromatic heterocycles. The fourth-order valence-corrected chi connectivity index (χ4v) is 2.78. The lowest BCUT2D eigenvalue weighted by molar-refractivity contribution is -0.114. The van der Waals surface area contributed by atoms with Gasteiger partial charge in [-0.25, -0.2) is 0 Å². The zero-order valence-electron chi connectivity index (χ0n) is 13.8. The predicted molar refractivity (Wildman–Crippen MR) is 96.7 cm³/mol. The van der Waals surface area contributed by atoms with Gasteiger partial charge in [0.25, 0.3) is 11.7 Å². The van der Waals surface area contributed by atoms with Crippen molar-refractivity contribution in [3.05, 3.63) is 65.9 Å². The number of ketones is 1. The van der Waals surface area contributed by atoms with Gasteiger partial charge in [-0.1, -0.05) is 30.3 Å². The van der Waals surface area contributed by atoms with Crippen LogP contribution in [0.1, 0.15) is 28.8 Å². The van der Waals surface area contributed by atoms with E-state index in [9.17, 15) is 9.59 Å². The van der Waals surface area contributed by atoms with Crippen LogP contribution in [0, 0.1) is 0 Å². The maximum Gasteiger partial charge on any atom is 0.289 e. The number of aromatic amines is 1. The highest BCUT2D eigenvalue weighted by atomic mass is 16.5. The molecule has 128 valence electrons. The van der Waals surface area contributed by atoms with Crippen LogP contribution in [0.15, 0.2) is 54.7 Å². The molecule has 3 N–H and O–H groups in total. The lowest BCUT2D eigenvalue weighted by atomic mass is 10.1. The first kappa shape index (κ1) is 16.8. The van der Waals surface area contributed by atoms with Gasteiger partial charge in [-0.2, -0.15) is 0 Å². The Morgan fingerprint density at radius 1 is 1.04 bits per heavy atom. The van der Waals surface area contributed by atoms with Crippen molar-refractivity contribution in [2.24, 2.45) is 5.73 Å². The molecule has 3 rings (SSSR count). The minimum atomic E-state index is -0.965. The molecule has 25 heavy (non-hydrogen) atoms. The van der Waals surface area contributed by atoms with Crippen LogP contribution < -0.4 is 10.5 Å². The molecule has 0 aliphatic heterocycles. The zero-order chi connectivity index (χ0) is 17.6. The average molecular weight is 336 g/mol. The number of Topliss-reactive ketones (excluding diaryl/α,β-unsaturated/α-hetero) is 1. The lowest BCUT2D eigenvalue weighted by Gasteiger charge is -2.07. The fraction of sp³-hybridized carbons (Fsp3) is 0.200. The highest BCUT2D eigenvalue weighted by Gasteiger charge is 2.17. The summed E-state index contributed by atoms with van der Waals surface area (Å²) in [7, 11) is 0. The summed E-state index contributed by atoms with van der Waals surface area (Å²) in [6, 6.07) is 15.8. The van der Waals surface area contributed by atoms with Crippen molar-refractivity contribution in [1.29, 1.82) is 0 Å². The molecule has 0 bridgehead atoms. The first-order valence-electron chi connectivity index (χ1n) is 8.27. The molecule has 0 spiro atoms.